The van der Waals surface area contributed by atoms with E-state index in [9.17, 15) is 9.59 Å². The molecule has 0 saturated heterocycles. The minimum Gasteiger partial charge on any atom is -0.423 e. The quantitative estimate of drug-likeness (QED) is 0.162. The molecule has 0 unspecified atom stereocenters. The number of ether oxygens (including phenoxy) is 2. The van der Waals surface area contributed by atoms with E-state index in [4.69, 9.17) is 9.47 Å². The molecular weight excluding hydrogens is 424 g/mol. The van der Waals surface area contributed by atoms with E-state index in [-0.39, 0.29) is 0 Å². The largest absolute Gasteiger partial charge is 0.423 e. The molecule has 0 spiro atoms. The van der Waals surface area contributed by atoms with Crippen molar-refractivity contribution in [2.75, 3.05) is 0 Å². The number of hydrogen-bond acceptors (Lipinski definition) is 4. The van der Waals surface area contributed by atoms with Crippen molar-refractivity contribution in [3.63, 3.8) is 0 Å². The summed E-state index contributed by atoms with van der Waals surface area (Å²) in [5, 5.41) is 0. The summed E-state index contributed by atoms with van der Waals surface area (Å²) in [6.45, 7) is 10.6. The average Bonchev–Trinajstić information content (AvgIpc) is 2.83. The van der Waals surface area contributed by atoms with Gasteiger partial charge in [-0.05, 0) is 65.9 Å². The van der Waals surface area contributed by atoms with Crippen LogP contribution in [-0.2, 0) is 9.59 Å². The van der Waals surface area contributed by atoms with Gasteiger partial charge in [-0.2, -0.15) is 0 Å². The van der Waals surface area contributed by atoms with E-state index in [1.165, 1.54) is 0 Å². The Bertz CT molecular complexity index is 1260. The molecule has 170 valence electrons. The van der Waals surface area contributed by atoms with Crippen LogP contribution < -0.4 is 9.47 Å². The van der Waals surface area contributed by atoms with Gasteiger partial charge in [-0.15, -0.1) is 0 Å². The molecule has 0 aliphatic rings. The molecule has 0 bridgehead atoms. The van der Waals surface area contributed by atoms with Crippen LogP contribution in [0.3, 0.4) is 0 Å². The molecule has 0 aliphatic carbocycles. The van der Waals surface area contributed by atoms with Crippen LogP contribution >= 0.6 is 0 Å². The van der Waals surface area contributed by atoms with Crippen LogP contribution in [0.25, 0.3) is 24.3 Å². The third-order valence-electron chi connectivity index (χ3n) is 4.93. The van der Waals surface area contributed by atoms with Gasteiger partial charge in [-0.3, -0.25) is 0 Å². The summed E-state index contributed by atoms with van der Waals surface area (Å²) in [6, 6.07) is 21.0. The first-order chi connectivity index (χ1) is 16.3. The summed E-state index contributed by atoms with van der Waals surface area (Å²) in [7, 11) is 0. The lowest BCUT2D eigenvalue weighted by Crippen LogP contribution is -2.08. The molecule has 34 heavy (non-hydrogen) atoms. The maximum absolute atomic E-state index is 11.7. The van der Waals surface area contributed by atoms with Crippen LogP contribution in [0, 0.1) is 6.92 Å². The predicted molar refractivity (Wildman–Crippen MR) is 138 cm³/mol. The van der Waals surface area contributed by atoms with Gasteiger partial charge in [0.2, 0.25) is 0 Å². The molecule has 3 rings (SSSR count). The minimum atomic E-state index is -0.478. The summed E-state index contributed by atoms with van der Waals surface area (Å²) < 4.78 is 10.4. The van der Waals surface area contributed by atoms with Crippen molar-refractivity contribution in [3.05, 3.63) is 119 Å². The maximum Gasteiger partial charge on any atom is 0.338 e. The smallest absolute Gasteiger partial charge is 0.338 e. The van der Waals surface area contributed by atoms with Crippen molar-refractivity contribution in [2.24, 2.45) is 0 Å². The normalized spacial score (nSPS) is 10.9. The standard InChI is InChI=1S/C30H26O4/c1-5-29(31)33-27-17-13-25(14-18-27)11-8-23-6-9-24(10-7-23)12-15-26-16-19-28(20-22(26)4)34-30(32)21(2)3/h5-20H,1-2H2,3-4H3. The van der Waals surface area contributed by atoms with E-state index >= 15 is 0 Å². The van der Waals surface area contributed by atoms with E-state index in [1.807, 2.05) is 79.8 Å². The highest BCUT2D eigenvalue weighted by Crippen LogP contribution is 2.21. The molecule has 0 fully saturated rings. The molecular formula is C30H26O4. The zero-order chi connectivity index (χ0) is 24.5. The number of hydrogen-bond donors (Lipinski definition) is 0. The second-order valence-corrected chi connectivity index (χ2v) is 7.72. The highest BCUT2D eigenvalue weighted by Gasteiger charge is 2.06. The Labute approximate surface area is 200 Å². The number of aryl methyl sites for hydroxylation is 1. The van der Waals surface area contributed by atoms with Crippen molar-refractivity contribution < 1.29 is 19.1 Å². The van der Waals surface area contributed by atoms with Crippen LogP contribution in [0.4, 0.5) is 0 Å². The Balaban J connectivity index is 1.61. The first-order valence-electron chi connectivity index (χ1n) is 10.7. The van der Waals surface area contributed by atoms with Crippen LogP contribution in [0.2, 0.25) is 0 Å². The molecule has 0 radical (unpaired) electrons. The van der Waals surface area contributed by atoms with Crippen LogP contribution in [0.1, 0.15) is 34.7 Å². The number of esters is 2. The van der Waals surface area contributed by atoms with E-state index < -0.39 is 11.9 Å². The van der Waals surface area contributed by atoms with E-state index in [0.29, 0.717) is 17.1 Å². The predicted octanol–water partition coefficient (Wildman–Crippen LogP) is 6.91. The topological polar surface area (TPSA) is 52.6 Å². The number of carbonyl (C=O) groups excluding carboxylic acids is 2. The Morgan fingerprint density at radius 1 is 0.735 bits per heavy atom. The third kappa shape index (κ3) is 7.04. The zero-order valence-corrected chi connectivity index (χ0v) is 19.3. The second-order valence-electron chi connectivity index (χ2n) is 7.72. The van der Waals surface area contributed by atoms with Gasteiger partial charge < -0.3 is 9.47 Å². The van der Waals surface area contributed by atoms with Gasteiger partial charge in [0, 0.05) is 11.6 Å². The first kappa shape index (κ1) is 24.2. The molecule has 4 heteroatoms. The molecule has 0 saturated carbocycles. The minimum absolute atomic E-state index is 0.365. The Kier molecular flexibility index (Phi) is 8.14. The lowest BCUT2D eigenvalue weighted by Gasteiger charge is -2.07. The van der Waals surface area contributed by atoms with Crippen molar-refractivity contribution in [2.45, 2.75) is 13.8 Å². The van der Waals surface area contributed by atoms with Gasteiger partial charge in [0.15, 0.2) is 0 Å². The van der Waals surface area contributed by atoms with E-state index in [0.717, 1.165) is 33.9 Å². The Morgan fingerprint density at radius 2 is 1.24 bits per heavy atom. The molecule has 0 amide bonds. The maximum atomic E-state index is 11.7. The lowest BCUT2D eigenvalue weighted by molar-refractivity contribution is -0.130. The highest BCUT2D eigenvalue weighted by molar-refractivity contribution is 5.89. The summed E-state index contributed by atoms with van der Waals surface area (Å²) in [6.07, 6.45) is 9.22. The zero-order valence-electron chi connectivity index (χ0n) is 19.3. The molecule has 0 N–H and O–H groups in total. The monoisotopic (exact) mass is 450 g/mol. The molecule has 0 aliphatic heterocycles. The average molecular weight is 451 g/mol. The number of benzene rings is 3. The molecule has 0 atom stereocenters. The van der Waals surface area contributed by atoms with Gasteiger partial charge >= 0.3 is 11.9 Å². The fourth-order valence-electron chi connectivity index (χ4n) is 2.99. The van der Waals surface area contributed by atoms with Gasteiger partial charge in [-0.1, -0.05) is 79.9 Å². The summed E-state index contributed by atoms with van der Waals surface area (Å²) in [5.74, 6) is 0.0822. The molecule has 3 aromatic rings. The molecule has 0 heterocycles. The fraction of sp³-hybridized carbons (Fsp3) is 0.0667. The van der Waals surface area contributed by atoms with E-state index in [2.05, 4.69) is 13.2 Å². The van der Waals surface area contributed by atoms with Gasteiger partial charge in [0.1, 0.15) is 11.5 Å². The van der Waals surface area contributed by atoms with Crippen molar-refractivity contribution in [1.82, 2.24) is 0 Å². The van der Waals surface area contributed by atoms with Gasteiger partial charge in [0.05, 0.1) is 0 Å². The second kappa shape index (κ2) is 11.4. The molecule has 4 nitrogen and oxygen atoms in total. The number of rotatable bonds is 8. The SMILES string of the molecule is C=CC(=O)Oc1ccc(C=Cc2ccc(C=Cc3ccc(OC(=O)C(=C)C)cc3C)cc2)cc1. The van der Waals surface area contributed by atoms with E-state index in [1.54, 1.807) is 25.1 Å². The third-order valence-corrected chi connectivity index (χ3v) is 4.93. The lowest BCUT2D eigenvalue weighted by atomic mass is 10.1. The highest BCUT2D eigenvalue weighted by atomic mass is 16.5. The Morgan fingerprint density at radius 3 is 1.74 bits per heavy atom. The van der Waals surface area contributed by atoms with Crippen LogP contribution in [-0.4, -0.2) is 11.9 Å². The van der Waals surface area contributed by atoms with Gasteiger partial charge in [0.25, 0.3) is 0 Å². The number of carbonyl (C=O) groups is 2. The fourth-order valence-corrected chi connectivity index (χ4v) is 2.99. The first-order valence-corrected chi connectivity index (χ1v) is 10.7. The Hall–Kier alpha value is -4.44. The summed E-state index contributed by atoms with van der Waals surface area (Å²) in [4.78, 5) is 22.9. The summed E-state index contributed by atoms with van der Waals surface area (Å²) >= 11 is 0. The summed E-state index contributed by atoms with van der Waals surface area (Å²) in [5.41, 5.74) is 5.55. The van der Waals surface area contributed by atoms with Crippen LogP contribution in [0.15, 0.2) is 91.5 Å². The van der Waals surface area contributed by atoms with Crippen LogP contribution in [0.5, 0.6) is 11.5 Å². The van der Waals surface area contributed by atoms with Gasteiger partial charge in [-0.25, -0.2) is 9.59 Å². The van der Waals surface area contributed by atoms with Crippen molar-refractivity contribution in [1.29, 1.82) is 0 Å². The van der Waals surface area contributed by atoms with Crippen molar-refractivity contribution in [3.8, 4) is 11.5 Å². The molecule has 0 aromatic heterocycles. The molecule has 3 aromatic carbocycles. The van der Waals surface area contributed by atoms with Crippen molar-refractivity contribution >= 4 is 36.2 Å².